The number of anilines is 1. The van der Waals surface area contributed by atoms with Gasteiger partial charge in [-0.25, -0.2) is 9.37 Å². The third-order valence-electron chi connectivity index (χ3n) is 3.17. The van der Waals surface area contributed by atoms with Crippen LogP contribution in [-0.2, 0) is 11.3 Å². The van der Waals surface area contributed by atoms with Gasteiger partial charge in [0.1, 0.15) is 12.1 Å². The molecule has 2 N–H and O–H groups in total. The molecule has 1 heterocycles. The fourth-order valence-corrected chi connectivity index (χ4v) is 2.11. The van der Waals surface area contributed by atoms with E-state index in [4.69, 9.17) is 5.73 Å². The molecule has 0 fully saturated rings. The van der Waals surface area contributed by atoms with Gasteiger partial charge in [0, 0.05) is 13.1 Å². The van der Waals surface area contributed by atoms with E-state index in [1.165, 1.54) is 6.07 Å². The Kier molecular flexibility index (Phi) is 3.69. The molecule has 0 aliphatic rings. The van der Waals surface area contributed by atoms with Crippen molar-refractivity contribution in [2.24, 2.45) is 0 Å². The van der Waals surface area contributed by atoms with Crippen molar-refractivity contribution < 1.29 is 9.18 Å². The molecule has 0 unspecified atom stereocenters. The molecule has 0 bridgehead atoms. The minimum absolute atomic E-state index is 0.0553. The molecule has 5 nitrogen and oxygen atoms in total. The van der Waals surface area contributed by atoms with Gasteiger partial charge in [-0.2, -0.15) is 0 Å². The largest absolute Gasteiger partial charge is 0.369 e. The van der Waals surface area contributed by atoms with E-state index >= 15 is 0 Å². The van der Waals surface area contributed by atoms with Gasteiger partial charge in [0.2, 0.25) is 11.9 Å². The number of aromatic nitrogens is 2. The number of nitrogens with zero attached hydrogens (tertiary/aromatic N) is 3. The van der Waals surface area contributed by atoms with Crippen LogP contribution in [0.3, 0.4) is 0 Å². The van der Waals surface area contributed by atoms with Crippen molar-refractivity contribution in [3.8, 4) is 0 Å². The van der Waals surface area contributed by atoms with Crippen LogP contribution >= 0.6 is 0 Å². The van der Waals surface area contributed by atoms with Crippen molar-refractivity contribution in [3.05, 3.63) is 24.0 Å². The number of benzene rings is 1. The van der Waals surface area contributed by atoms with Crippen LogP contribution in [0.1, 0.15) is 13.8 Å². The summed E-state index contributed by atoms with van der Waals surface area (Å²) >= 11 is 0. The third-order valence-corrected chi connectivity index (χ3v) is 3.17. The number of likely N-dealkylation sites (N-methyl/N-ethyl adjacent to an activating group) is 1. The number of halogens is 1. The number of rotatable bonds is 4. The molecule has 1 amide bonds. The van der Waals surface area contributed by atoms with Crippen molar-refractivity contribution in [2.45, 2.75) is 20.4 Å². The SMILES string of the molecule is CCN(CC)C(=O)Cn1c(N)nc2c(F)cccc21. The maximum atomic E-state index is 13.6. The zero-order valence-electron chi connectivity index (χ0n) is 11.1. The number of carbonyl (C=O) groups excluding carboxylic acids is 1. The quantitative estimate of drug-likeness (QED) is 0.912. The molecule has 0 spiro atoms. The van der Waals surface area contributed by atoms with Crippen LogP contribution in [0, 0.1) is 5.82 Å². The summed E-state index contributed by atoms with van der Waals surface area (Å²) in [7, 11) is 0. The van der Waals surface area contributed by atoms with Crippen molar-refractivity contribution in [2.75, 3.05) is 18.8 Å². The van der Waals surface area contributed by atoms with Gasteiger partial charge < -0.3 is 15.2 Å². The number of hydrogen-bond acceptors (Lipinski definition) is 3. The van der Waals surface area contributed by atoms with E-state index < -0.39 is 5.82 Å². The van der Waals surface area contributed by atoms with Gasteiger partial charge in [0.25, 0.3) is 0 Å². The van der Waals surface area contributed by atoms with E-state index in [0.29, 0.717) is 18.6 Å². The average molecular weight is 264 g/mol. The number of nitrogens with two attached hydrogens (primary N) is 1. The highest BCUT2D eigenvalue weighted by atomic mass is 19.1. The minimum Gasteiger partial charge on any atom is -0.369 e. The number of para-hydroxylation sites is 1. The van der Waals surface area contributed by atoms with Gasteiger partial charge in [0.15, 0.2) is 5.82 Å². The lowest BCUT2D eigenvalue weighted by atomic mass is 10.3. The maximum Gasteiger partial charge on any atom is 0.242 e. The first-order valence-electron chi connectivity index (χ1n) is 6.26. The summed E-state index contributed by atoms with van der Waals surface area (Å²) in [6.07, 6.45) is 0. The summed E-state index contributed by atoms with van der Waals surface area (Å²) in [5, 5.41) is 0. The molecule has 0 saturated carbocycles. The Morgan fingerprint density at radius 3 is 2.74 bits per heavy atom. The van der Waals surface area contributed by atoms with Crippen LogP contribution in [0.4, 0.5) is 10.3 Å². The van der Waals surface area contributed by atoms with E-state index in [2.05, 4.69) is 4.98 Å². The van der Waals surface area contributed by atoms with Crippen molar-refractivity contribution in [1.29, 1.82) is 0 Å². The lowest BCUT2D eigenvalue weighted by Crippen LogP contribution is -2.33. The van der Waals surface area contributed by atoms with Crippen molar-refractivity contribution in [1.82, 2.24) is 14.5 Å². The van der Waals surface area contributed by atoms with E-state index in [9.17, 15) is 9.18 Å². The Labute approximate surface area is 110 Å². The molecule has 6 heteroatoms. The zero-order valence-corrected chi connectivity index (χ0v) is 11.1. The Morgan fingerprint density at radius 1 is 1.42 bits per heavy atom. The molecule has 1 aromatic heterocycles. The first kappa shape index (κ1) is 13.3. The topological polar surface area (TPSA) is 64.2 Å². The van der Waals surface area contributed by atoms with Crippen molar-refractivity contribution >= 4 is 22.9 Å². The molecular formula is C13H17FN4O. The van der Waals surface area contributed by atoms with Crippen LogP contribution in [0.25, 0.3) is 11.0 Å². The number of carbonyl (C=O) groups is 1. The molecule has 0 aliphatic heterocycles. The van der Waals surface area contributed by atoms with E-state index in [1.54, 1.807) is 21.6 Å². The monoisotopic (exact) mass is 264 g/mol. The van der Waals surface area contributed by atoms with Crippen molar-refractivity contribution in [3.63, 3.8) is 0 Å². The molecule has 2 rings (SSSR count). The first-order valence-corrected chi connectivity index (χ1v) is 6.26. The highest BCUT2D eigenvalue weighted by Crippen LogP contribution is 2.20. The van der Waals surface area contributed by atoms with E-state index in [1.807, 2.05) is 13.8 Å². The minimum atomic E-state index is -0.432. The van der Waals surface area contributed by atoms with Gasteiger partial charge in [-0.05, 0) is 26.0 Å². The highest BCUT2D eigenvalue weighted by molar-refractivity contribution is 5.83. The summed E-state index contributed by atoms with van der Waals surface area (Å²) in [6.45, 7) is 5.17. The molecule has 19 heavy (non-hydrogen) atoms. The summed E-state index contributed by atoms with van der Waals surface area (Å²) in [6, 6.07) is 4.61. The first-order chi connectivity index (χ1) is 9.08. The Hall–Kier alpha value is -2.11. The molecule has 0 aliphatic carbocycles. The van der Waals surface area contributed by atoms with Gasteiger partial charge in [-0.1, -0.05) is 6.07 Å². The molecule has 0 radical (unpaired) electrons. The second kappa shape index (κ2) is 5.26. The molecule has 2 aromatic rings. The highest BCUT2D eigenvalue weighted by Gasteiger charge is 2.16. The Bertz CT molecular complexity index is 604. The third kappa shape index (κ3) is 2.38. The predicted molar refractivity (Wildman–Crippen MR) is 72.0 cm³/mol. The molecule has 0 saturated heterocycles. The van der Waals surface area contributed by atoms with Crippen LogP contribution in [0.5, 0.6) is 0 Å². The van der Waals surface area contributed by atoms with Crippen LogP contribution < -0.4 is 5.73 Å². The van der Waals surface area contributed by atoms with E-state index in [0.717, 1.165) is 0 Å². The molecule has 0 atom stereocenters. The van der Waals surface area contributed by atoms with Crippen LogP contribution in [-0.4, -0.2) is 33.4 Å². The second-order valence-electron chi connectivity index (χ2n) is 4.23. The normalized spacial score (nSPS) is 10.9. The average Bonchev–Trinajstić information content (AvgIpc) is 2.70. The summed E-state index contributed by atoms with van der Waals surface area (Å²) < 4.78 is 15.1. The Morgan fingerprint density at radius 2 is 2.11 bits per heavy atom. The Balaban J connectivity index is 2.38. The molecular weight excluding hydrogens is 247 g/mol. The van der Waals surface area contributed by atoms with Crippen LogP contribution in [0.15, 0.2) is 18.2 Å². The summed E-state index contributed by atoms with van der Waals surface area (Å²) in [5.41, 5.74) is 6.51. The fraction of sp³-hybridized carbons (Fsp3) is 0.385. The number of amides is 1. The van der Waals surface area contributed by atoms with Gasteiger partial charge in [0.05, 0.1) is 5.52 Å². The summed E-state index contributed by atoms with van der Waals surface area (Å²) in [4.78, 5) is 17.8. The smallest absolute Gasteiger partial charge is 0.242 e. The molecule has 102 valence electrons. The van der Waals surface area contributed by atoms with Gasteiger partial charge in [-0.15, -0.1) is 0 Å². The predicted octanol–water partition coefficient (Wildman–Crippen LogP) is 1.63. The number of fused-ring (bicyclic) bond motifs is 1. The number of nitrogen functional groups attached to an aromatic ring is 1. The summed E-state index contributed by atoms with van der Waals surface area (Å²) in [5.74, 6) is -0.334. The second-order valence-corrected chi connectivity index (χ2v) is 4.23. The number of imidazole rings is 1. The van der Waals surface area contributed by atoms with E-state index in [-0.39, 0.29) is 23.9 Å². The van der Waals surface area contributed by atoms with Crippen LogP contribution in [0.2, 0.25) is 0 Å². The van der Waals surface area contributed by atoms with Gasteiger partial charge in [-0.3, -0.25) is 4.79 Å². The standard InChI is InChI=1S/C13H17FN4O/c1-3-17(4-2)11(19)8-18-10-7-5-6-9(14)12(10)16-13(18)15/h5-7H,3-4,8H2,1-2H3,(H2,15,16). The lowest BCUT2D eigenvalue weighted by Gasteiger charge is -2.19. The van der Waals surface area contributed by atoms with Gasteiger partial charge >= 0.3 is 0 Å². The molecule has 1 aromatic carbocycles. The maximum absolute atomic E-state index is 13.6. The number of hydrogen-bond donors (Lipinski definition) is 1. The zero-order chi connectivity index (χ0) is 14.0. The lowest BCUT2D eigenvalue weighted by molar-refractivity contribution is -0.131. The fourth-order valence-electron chi connectivity index (χ4n) is 2.11.